The third-order valence-corrected chi connectivity index (χ3v) is 4.29. The van der Waals surface area contributed by atoms with Crippen LogP contribution in [0.4, 0.5) is 24.9 Å². The average molecular weight is 346 g/mol. The van der Waals surface area contributed by atoms with Crippen LogP contribution in [0.25, 0.3) is 0 Å². The number of alkyl halides is 3. The zero-order chi connectivity index (χ0) is 18.2. The number of nitrogens with one attached hydrogen (secondary N) is 1. The van der Waals surface area contributed by atoms with E-state index >= 15 is 0 Å². The fraction of sp³-hybridized carbons (Fsp3) is 0.333. The molecular weight excluding hydrogens is 329 g/mol. The van der Waals surface area contributed by atoms with E-state index in [1.54, 1.807) is 14.0 Å². The maximum Gasteiger partial charge on any atom is 0.416 e. The second-order valence-corrected chi connectivity index (χ2v) is 6.05. The van der Waals surface area contributed by atoms with Crippen molar-refractivity contribution < 1.29 is 13.2 Å². The molecule has 0 saturated heterocycles. The third-order valence-electron chi connectivity index (χ3n) is 4.29. The van der Waals surface area contributed by atoms with Gasteiger partial charge in [0.15, 0.2) is 0 Å². The highest BCUT2D eigenvalue weighted by Crippen LogP contribution is 2.48. The molecule has 0 unspecified atom stereocenters. The van der Waals surface area contributed by atoms with Gasteiger partial charge >= 0.3 is 6.18 Å². The van der Waals surface area contributed by atoms with Crippen molar-refractivity contribution in [3.05, 3.63) is 46.6 Å². The molecule has 1 saturated carbocycles. The van der Waals surface area contributed by atoms with E-state index in [0.717, 1.165) is 30.5 Å². The van der Waals surface area contributed by atoms with Crippen LogP contribution >= 0.6 is 0 Å². The van der Waals surface area contributed by atoms with Crippen LogP contribution in [0.2, 0.25) is 0 Å². The van der Waals surface area contributed by atoms with Crippen LogP contribution in [0, 0.1) is 18.8 Å². The molecule has 0 amide bonds. The van der Waals surface area contributed by atoms with Crippen LogP contribution in [-0.2, 0) is 11.6 Å². The number of nitrogens with zero attached hydrogens (tertiary/aromatic N) is 2. The Kier molecular flexibility index (Phi) is 4.07. The highest BCUT2D eigenvalue weighted by molar-refractivity contribution is 5.59. The Morgan fingerprint density at radius 3 is 2.32 bits per heavy atom. The molecule has 25 heavy (non-hydrogen) atoms. The van der Waals surface area contributed by atoms with Gasteiger partial charge in [0.05, 0.1) is 22.2 Å². The number of nitrogens with two attached hydrogens (primary N) is 1. The normalized spacial score (nSPS) is 15.2. The third kappa shape index (κ3) is 3.38. The highest BCUT2D eigenvalue weighted by atomic mass is 19.4. The van der Waals surface area contributed by atoms with Crippen molar-refractivity contribution in [2.24, 2.45) is 0 Å². The first-order chi connectivity index (χ1) is 11.7. The SMILES string of the molecule is CNc1nc(N)nc(C)c1C#CC1(c2ccc(C(F)(F)F)cc2)CC1. The summed E-state index contributed by atoms with van der Waals surface area (Å²) >= 11 is 0. The standard InChI is InChI=1S/C18H17F3N4/c1-11-14(15(23-2)25-16(22)24-11)7-8-17(9-10-17)12-3-5-13(6-4-12)18(19,20)21/h3-6H,9-10H2,1-2H3,(H3,22,23,24,25). The number of aryl methyl sites for hydroxylation is 1. The maximum atomic E-state index is 12.7. The fourth-order valence-corrected chi connectivity index (χ4v) is 2.70. The first kappa shape index (κ1) is 17.1. The molecule has 0 bridgehead atoms. The Bertz CT molecular complexity index is 857. The highest BCUT2D eigenvalue weighted by Gasteiger charge is 2.43. The van der Waals surface area contributed by atoms with Gasteiger partial charge in [-0.15, -0.1) is 0 Å². The predicted molar refractivity (Wildman–Crippen MR) is 90.0 cm³/mol. The summed E-state index contributed by atoms with van der Waals surface area (Å²) in [5, 5.41) is 2.94. The molecule has 7 heteroatoms. The van der Waals surface area contributed by atoms with Crippen molar-refractivity contribution in [3.8, 4) is 11.8 Å². The minimum atomic E-state index is -4.33. The number of rotatable bonds is 2. The lowest BCUT2D eigenvalue weighted by Gasteiger charge is -2.11. The van der Waals surface area contributed by atoms with Crippen molar-refractivity contribution in [2.75, 3.05) is 18.1 Å². The monoisotopic (exact) mass is 346 g/mol. The number of hydrogen-bond acceptors (Lipinski definition) is 4. The zero-order valence-corrected chi connectivity index (χ0v) is 13.8. The lowest BCUT2D eigenvalue weighted by Crippen LogP contribution is -2.08. The Hall–Kier alpha value is -2.75. The van der Waals surface area contributed by atoms with Crippen LogP contribution in [0.1, 0.15) is 35.2 Å². The van der Waals surface area contributed by atoms with E-state index in [0.29, 0.717) is 17.1 Å². The molecule has 0 radical (unpaired) electrons. The molecule has 3 N–H and O–H groups in total. The Morgan fingerprint density at radius 1 is 1.16 bits per heavy atom. The van der Waals surface area contributed by atoms with Gasteiger partial charge in [-0.05, 0) is 37.5 Å². The molecule has 1 aliphatic carbocycles. The van der Waals surface area contributed by atoms with E-state index in [2.05, 4.69) is 27.1 Å². The molecular formula is C18H17F3N4. The number of hydrogen-bond donors (Lipinski definition) is 2. The number of halogens is 3. The quantitative estimate of drug-likeness (QED) is 0.817. The summed E-state index contributed by atoms with van der Waals surface area (Å²) in [5.41, 5.74) is 6.69. The minimum absolute atomic E-state index is 0.163. The zero-order valence-electron chi connectivity index (χ0n) is 13.8. The summed E-state index contributed by atoms with van der Waals surface area (Å²) in [6, 6.07) is 5.23. The van der Waals surface area contributed by atoms with Gasteiger partial charge in [0, 0.05) is 7.05 Å². The van der Waals surface area contributed by atoms with Crippen LogP contribution in [0.15, 0.2) is 24.3 Å². The molecule has 1 fully saturated rings. The average Bonchev–Trinajstić information content (AvgIpc) is 3.34. The van der Waals surface area contributed by atoms with Crippen molar-refractivity contribution >= 4 is 11.8 Å². The smallest absolute Gasteiger partial charge is 0.372 e. The largest absolute Gasteiger partial charge is 0.416 e. The summed E-state index contributed by atoms with van der Waals surface area (Å²) in [6.45, 7) is 1.79. The summed E-state index contributed by atoms with van der Waals surface area (Å²) in [6.07, 6.45) is -2.70. The maximum absolute atomic E-state index is 12.7. The van der Waals surface area contributed by atoms with E-state index in [9.17, 15) is 13.2 Å². The minimum Gasteiger partial charge on any atom is -0.372 e. The first-order valence-corrected chi connectivity index (χ1v) is 7.78. The van der Waals surface area contributed by atoms with Crippen molar-refractivity contribution in [1.29, 1.82) is 0 Å². The molecule has 4 nitrogen and oxygen atoms in total. The van der Waals surface area contributed by atoms with E-state index in [1.165, 1.54) is 12.1 Å². The second-order valence-electron chi connectivity index (χ2n) is 6.05. The molecule has 3 rings (SSSR count). The van der Waals surface area contributed by atoms with Crippen molar-refractivity contribution in [1.82, 2.24) is 9.97 Å². The molecule has 1 aromatic heterocycles. The first-order valence-electron chi connectivity index (χ1n) is 7.78. The summed E-state index contributed by atoms with van der Waals surface area (Å²) in [5.74, 6) is 7.00. The summed E-state index contributed by atoms with van der Waals surface area (Å²) < 4.78 is 38.1. The number of nitrogen functional groups attached to an aromatic ring is 1. The van der Waals surface area contributed by atoms with Crippen molar-refractivity contribution in [3.63, 3.8) is 0 Å². The Labute approximate surface area is 143 Å². The van der Waals surface area contributed by atoms with E-state index in [4.69, 9.17) is 5.73 Å². The van der Waals surface area contributed by atoms with Crippen LogP contribution in [0.3, 0.4) is 0 Å². The second kappa shape index (κ2) is 5.96. The molecule has 0 spiro atoms. The summed E-state index contributed by atoms with van der Waals surface area (Å²) in [4.78, 5) is 8.23. The van der Waals surface area contributed by atoms with Crippen molar-refractivity contribution in [2.45, 2.75) is 31.4 Å². The van der Waals surface area contributed by atoms with E-state index in [1.807, 2.05) is 0 Å². The number of aromatic nitrogens is 2. The van der Waals surface area contributed by atoms with Crippen LogP contribution in [0.5, 0.6) is 0 Å². The Morgan fingerprint density at radius 2 is 1.80 bits per heavy atom. The van der Waals surface area contributed by atoms with Gasteiger partial charge in [0.1, 0.15) is 5.82 Å². The van der Waals surface area contributed by atoms with Gasteiger partial charge in [0.25, 0.3) is 0 Å². The molecule has 1 aromatic carbocycles. The number of benzene rings is 1. The van der Waals surface area contributed by atoms with Crippen LogP contribution < -0.4 is 11.1 Å². The number of anilines is 2. The molecule has 2 aromatic rings. The topological polar surface area (TPSA) is 63.8 Å². The molecule has 0 aliphatic heterocycles. The van der Waals surface area contributed by atoms with E-state index in [-0.39, 0.29) is 5.95 Å². The van der Waals surface area contributed by atoms with Gasteiger partial charge in [-0.25, -0.2) is 4.98 Å². The Balaban J connectivity index is 1.93. The summed E-state index contributed by atoms with van der Waals surface area (Å²) in [7, 11) is 1.72. The van der Waals surface area contributed by atoms with Gasteiger partial charge < -0.3 is 11.1 Å². The van der Waals surface area contributed by atoms with E-state index < -0.39 is 17.2 Å². The fourth-order valence-electron chi connectivity index (χ4n) is 2.70. The molecule has 1 aliphatic rings. The predicted octanol–water partition coefficient (Wildman–Crippen LogP) is 3.51. The molecule has 1 heterocycles. The lowest BCUT2D eigenvalue weighted by atomic mass is 9.95. The molecule has 130 valence electrons. The molecule has 0 atom stereocenters. The van der Waals surface area contributed by atoms with Gasteiger partial charge in [-0.1, -0.05) is 24.0 Å². The van der Waals surface area contributed by atoms with Gasteiger partial charge in [-0.3, -0.25) is 0 Å². The lowest BCUT2D eigenvalue weighted by molar-refractivity contribution is -0.137. The van der Waals surface area contributed by atoms with Crippen LogP contribution in [-0.4, -0.2) is 17.0 Å². The van der Waals surface area contributed by atoms with Gasteiger partial charge in [0.2, 0.25) is 5.95 Å². The van der Waals surface area contributed by atoms with Gasteiger partial charge in [-0.2, -0.15) is 18.2 Å².